The maximum Gasteiger partial charge on any atom is 0.320 e. The van der Waals surface area contributed by atoms with E-state index in [1.54, 1.807) is 6.07 Å². The van der Waals surface area contributed by atoms with Gasteiger partial charge in [0.15, 0.2) is 0 Å². The summed E-state index contributed by atoms with van der Waals surface area (Å²) >= 11 is 3.25. The Balaban J connectivity index is 1.84. The minimum atomic E-state index is -0.776. The molecule has 2 aliphatic rings. The van der Waals surface area contributed by atoms with E-state index in [4.69, 9.17) is 0 Å². The van der Waals surface area contributed by atoms with Gasteiger partial charge in [-0.15, -0.1) is 0 Å². The van der Waals surface area contributed by atoms with Crippen molar-refractivity contribution < 1.29 is 14.3 Å². The van der Waals surface area contributed by atoms with E-state index in [0.717, 1.165) is 19.3 Å². The number of hydrogen-bond donors (Lipinski definition) is 1. The van der Waals surface area contributed by atoms with Crippen LogP contribution in [0.2, 0.25) is 0 Å². The van der Waals surface area contributed by atoms with Gasteiger partial charge in [0.2, 0.25) is 0 Å². The van der Waals surface area contributed by atoms with Crippen LogP contribution in [0.3, 0.4) is 0 Å². The van der Waals surface area contributed by atoms with Gasteiger partial charge in [0.25, 0.3) is 0 Å². The van der Waals surface area contributed by atoms with Gasteiger partial charge in [-0.3, -0.25) is 9.69 Å². The molecule has 0 unspecified atom stereocenters. The molecule has 0 aromatic heterocycles. The number of nitrogens with zero attached hydrogens (tertiary/aromatic N) is 1. The second-order valence-electron chi connectivity index (χ2n) is 6.11. The number of hydrogen-bond acceptors (Lipinski definition) is 2. The average molecular weight is 356 g/mol. The van der Waals surface area contributed by atoms with E-state index in [0.29, 0.717) is 35.0 Å². The molecule has 0 radical (unpaired) electrons. The van der Waals surface area contributed by atoms with Gasteiger partial charge in [0.1, 0.15) is 11.9 Å². The molecule has 1 saturated heterocycles. The van der Waals surface area contributed by atoms with Crippen LogP contribution in [0.5, 0.6) is 0 Å². The Bertz CT molecular complexity index is 551. The van der Waals surface area contributed by atoms with Gasteiger partial charge in [-0.05, 0) is 37.3 Å². The highest BCUT2D eigenvalue weighted by atomic mass is 79.9. The molecule has 1 N–H and O–H groups in total. The standard InChI is InChI=1S/C16H19BrFNO2/c17-12-6-5-11(13(18)8-12)9-19-14-4-2-1-3-10(14)7-15(19)16(20)21/h5-6,8,10,14-15H,1-4,7,9H2,(H,20,21)/t10-,14+,15+/m1/s1. The van der Waals surface area contributed by atoms with E-state index >= 15 is 0 Å². The van der Waals surface area contributed by atoms with E-state index < -0.39 is 12.0 Å². The first-order chi connectivity index (χ1) is 10.1. The van der Waals surface area contributed by atoms with Gasteiger partial charge < -0.3 is 5.11 Å². The molecule has 2 fully saturated rings. The summed E-state index contributed by atoms with van der Waals surface area (Å²) < 4.78 is 14.8. The second-order valence-corrected chi connectivity index (χ2v) is 7.03. The third-order valence-corrected chi connectivity index (χ3v) is 5.37. The number of carbonyl (C=O) groups is 1. The number of aliphatic carboxylic acids is 1. The summed E-state index contributed by atoms with van der Waals surface area (Å²) in [6.45, 7) is 0.386. The molecular formula is C16H19BrFNO2. The largest absolute Gasteiger partial charge is 0.480 e. The summed E-state index contributed by atoms with van der Waals surface area (Å²) in [5.74, 6) is -0.590. The van der Waals surface area contributed by atoms with Crippen molar-refractivity contribution in [1.82, 2.24) is 4.90 Å². The fraction of sp³-hybridized carbons (Fsp3) is 0.562. The molecule has 3 atom stereocenters. The van der Waals surface area contributed by atoms with Gasteiger partial charge in [-0.1, -0.05) is 34.8 Å². The zero-order chi connectivity index (χ0) is 15.0. The van der Waals surface area contributed by atoms with Crippen LogP contribution < -0.4 is 0 Å². The molecule has 3 nitrogen and oxygen atoms in total. The van der Waals surface area contributed by atoms with Crippen molar-refractivity contribution in [2.24, 2.45) is 5.92 Å². The number of carboxylic acids is 1. The van der Waals surface area contributed by atoms with Crippen LogP contribution in [-0.4, -0.2) is 28.1 Å². The summed E-state index contributed by atoms with van der Waals surface area (Å²) in [7, 11) is 0. The van der Waals surface area contributed by atoms with Crippen molar-refractivity contribution in [3.8, 4) is 0 Å². The Morgan fingerprint density at radius 1 is 1.38 bits per heavy atom. The minimum Gasteiger partial charge on any atom is -0.480 e. The molecule has 1 aromatic carbocycles. The molecule has 1 heterocycles. The molecule has 0 bridgehead atoms. The SMILES string of the molecule is O=C(O)[C@@H]1C[C@H]2CCCC[C@@H]2N1Cc1ccc(Br)cc1F. The Morgan fingerprint density at radius 2 is 2.14 bits per heavy atom. The van der Waals surface area contributed by atoms with Gasteiger partial charge in [0.05, 0.1) is 0 Å². The Kier molecular flexibility index (Phi) is 4.31. The van der Waals surface area contributed by atoms with Crippen LogP contribution in [0.1, 0.15) is 37.7 Å². The van der Waals surface area contributed by atoms with E-state index in [1.807, 2.05) is 11.0 Å². The number of benzene rings is 1. The van der Waals surface area contributed by atoms with Gasteiger partial charge in [0, 0.05) is 22.6 Å². The van der Waals surface area contributed by atoms with Gasteiger partial charge >= 0.3 is 5.97 Å². The van der Waals surface area contributed by atoms with Crippen LogP contribution in [0.25, 0.3) is 0 Å². The van der Waals surface area contributed by atoms with E-state index in [9.17, 15) is 14.3 Å². The van der Waals surface area contributed by atoms with Crippen molar-refractivity contribution >= 4 is 21.9 Å². The van der Waals surface area contributed by atoms with E-state index in [2.05, 4.69) is 15.9 Å². The monoisotopic (exact) mass is 355 g/mol. The number of likely N-dealkylation sites (tertiary alicyclic amines) is 1. The van der Waals surface area contributed by atoms with Gasteiger partial charge in [-0.2, -0.15) is 0 Å². The molecule has 5 heteroatoms. The Morgan fingerprint density at radius 3 is 2.86 bits per heavy atom. The molecule has 1 aliphatic heterocycles. The zero-order valence-corrected chi connectivity index (χ0v) is 13.4. The summed E-state index contributed by atoms with van der Waals surface area (Å²) in [5.41, 5.74) is 0.579. The quantitative estimate of drug-likeness (QED) is 0.896. The fourth-order valence-corrected chi connectivity index (χ4v) is 4.20. The summed E-state index contributed by atoms with van der Waals surface area (Å²) in [4.78, 5) is 13.6. The topological polar surface area (TPSA) is 40.5 Å². The third kappa shape index (κ3) is 2.99. The smallest absolute Gasteiger partial charge is 0.320 e. The van der Waals surface area contributed by atoms with E-state index in [-0.39, 0.29) is 5.82 Å². The maximum atomic E-state index is 14.1. The van der Waals surface area contributed by atoms with Crippen molar-refractivity contribution in [3.63, 3.8) is 0 Å². The first-order valence-corrected chi connectivity index (χ1v) is 8.28. The number of fused-ring (bicyclic) bond motifs is 1. The molecule has 0 spiro atoms. The maximum absolute atomic E-state index is 14.1. The number of rotatable bonds is 3. The predicted octanol–water partition coefficient (Wildman–Crippen LogP) is 3.81. The Hall–Kier alpha value is -0.940. The zero-order valence-electron chi connectivity index (χ0n) is 11.8. The lowest BCUT2D eigenvalue weighted by molar-refractivity contribution is -0.142. The Labute approximate surface area is 132 Å². The van der Waals surface area contributed by atoms with Crippen molar-refractivity contribution in [2.45, 2.75) is 50.7 Å². The van der Waals surface area contributed by atoms with Crippen LogP contribution in [0.15, 0.2) is 22.7 Å². The lowest BCUT2D eigenvalue weighted by Gasteiger charge is -2.33. The summed E-state index contributed by atoms with van der Waals surface area (Å²) in [6, 6.07) is 4.82. The summed E-state index contributed by atoms with van der Waals surface area (Å²) in [6.07, 6.45) is 5.18. The molecular weight excluding hydrogens is 337 g/mol. The highest BCUT2D eigenvalue weighted by Crippen LogP contribution is 2.40. The molecule has 21 heavy (non-hydrogen) atoms. The van der Waals surface area contributed by atoms with E-state index in [1.165, 1.54) is 12.5 Å². The molecule has 1 aromatic rings. The van der Waals surface area contributed by atoms with Crippen LogP contribution in [0.4, 0.5) is 4.39 Å². The highest BCUT2D eigenvalue weighted by Gasteiger charge is 2.45. The normalized spacial score (nSPS) is 29.3. The number of halogens is 2. The summed E-state index contributed by atoms with van der Waals surface area (Å²) in [5, 5.41) is 9.48. The molecule has 1 saturated carbocycles. The minimum absolute atomic E-state index is 0.271. The van der Waals surface area contributed by atoms with Crippen molar-refractivity contribution in [1.29, 1.82) is 0 Å². The molecule has 0 amide bonds. The molecule has 1 aliphatic carbocycles. The lowest BCUT2D eigenvalue weighted by atomic mass is 9.84. The lowest BCUT2D eigenvalue weighted by Crippen LogP contribution is -2.41. The fourth-order valence-electron chi connectivity index (χ4n) is 3.87. The second kappa shape index (κ2) is 6.05. The third-order valence-electron chi connectivity index (χ3n) is 4.87. The first kappa shape index (κ1) is 15.0. The van der Waals surface area contributed by atoms with Crippen molar-refractivity contribution in [3.05, 3.63) is 34.1 Å². The first-order valence-electron chi connectivity index (χ1n) is 7.48. The van der Waals surface area contributed by atoms with Crippen LogP contribution in [0, 0.1) is 11.7 Å². The number of carboxylic acid groups (broad SMARTS) is 1. The molecule has 114 valence electrons. The van der Waals surface area contributed by atoms with Crippen LogP contribution >= 0.6 is 15.9 Å². The predicted molar refractivity (Wildman–Crippen MR) is 81.4 cm³/mol. The van der Waals surface area contributed by atoms with Crippen LogP contribution in [-0.2, 0) is 11.3 Å². The average Bonchev–Trinajstić information content (AvgIpc) is 2.81. The molecule has 3 rings (SSSR count). The highest BCUT2D eigenvalue weighted by molar-refractivity contribution is 9.10. The van der Waals surface area contributed by atoms with Gasteiger partial charge in [-0.25, -0.2) is 4.39 Å². The van der Waals surface area contributed by atoms with Crippen molar-refractivity contribution in [2.75, 3.05) is 0 Å².